The Balaban J connectivity index is 1.76. The number of imide groups is 1. The average molecular weight is 598 g/mol. The van der Waals surface area contributed by atoms with Crippen LogP contribution in [0.2, 0.25) is 5.02 Å². The summed E-state index contributed by atoms with van der Waals surface area (Å²) in [6, 6.07) is 15.7. The van der Waals surface area contributed by atoms with Gasteiger partial charge in [-0.2, -0.15) is 5.01 Å². The molecule has 1 heterocycles. The molecule has 1 aliphatic heterocycles. The fourth-order valence-corrected chi connectivity index (χ4v) is 6.17. The molecule has 0 aromatic heterocycles. The Morgan fingerprint density at radius 1 is 1.18 bits per heavy atom. The minimum absolute atomic E-state index is 0.0817. The van der Waals surface area contributed by atoms with E-state index in [0.29, 0.717) is 32.7 Å². The summed E-state index contributed by atoms with van der Waals surface area (Å²) in [5, 5.41) is 12.0. The highest BCUT2D eigenvalue weighted by atomic mass is 79.9. The molecule has 3 atom stereocenters. The number of phenols is 1. The van der Waals surface area contributed by atoms with Crippen LogP contribution in [-0.2, 0) is 15.0 Å². The molecule has 0 spiro atoms. The van der Waals surface area contributed by atoms with Gasteiger partial charge in [0.05, 0.1) is 28.6 Å². The van der Waals surface area contributed by atoms with Crippen LogP contribution in [0.5, 0.6) is 11.5 Å². The number of amides is 2. The van der Waals surface area contributed by atoms with Crippen molar-refractivity contribution >= 4 is 45.0 Å². The Kier molecular flexibility index (Phi) is 6.79. The molecule has 6 nitrogen and oxygen atoms in total. The van der Waals surface area contributed by atoms with E-state index in [9.17, 15) is 19.1 Å². The zero-order chi connectivity index (χ0) is 27.2. The van der Waals surface area contributed by atoms with Gasteiger partial charge in [-0.05, 0) is 87.6 Å². The molecule has 2 amide bonds. The smallest absolute Gasteiger partial charge is 0.260 e. The maximum Gasteiger partial charge on any atom is 0.260 e. The van der Waals surface area contributed by atoms with Gasteiger partial charge in [0.25, 0.3) is 11.8 Å². The van der Waals surface area contributed by atoms with Crippen LogP contribution >= 0.6 is 27.5 Å². The highest BCUT2D eigenvalue weighted by Crippen LogP contribution is 2.58. The summed E-state index contributed by atoms with van der Waals surface area (Å²) in [6.07, 6.45) is 3.89. The third kappa shape index (κ3) is 3.99. The number of hydrazine groups is 1. The molecular formula is C29H23BrClFN2O4. The van der Waals surface area contributed by atoms with Crippen molar-refractivity contribution in [3.05, 3.63) is 111 Å². The number of phenolic OH excluding ortho intramolecular Hbond substituents is 1. The third-order valence-corrected chi connectivity index (χ3v) is 8.11. The van der Waals surface area contributed by atoms with E-state index >= 15 is 0 Å². The van der Waals surface area contributed by atoms with Crippen LogP contribution in [0.1, 0.15) is 23.5 Å². The molecule has 2 N–H and O–H groups in total. The molecule has 0 radical (unpaired) electrons. The van der Waals surface area contributed by atoms with Gasteiger partial charge < -0.3 is 9.84 Å². The van der Waals surface area contributed by atoms with E-state index in [1.54, 1.807) is 42.5 Å². The highest BCUT2D eigenvalue weighted by Gasteiger charge is 2.65. The second kappa shape index (κ2) is 9.93. The Labute approximate surface area is 232 Å². The predicted molar refractivity (Wildman–Crippen MR) is 146 cm³/mol. The van der Waals surface area contributed by atoms with Crippen LogP contribution in [0.4, 0.5) is 10.1 Å². The second-order valence-corrected chi connectivity index (χ2v) is 10.4. The van der Waals surface area contributed by atoms with E-state index in [1.807, 2.05) is 6.08 Å². The lowest BCUT2D eigenvalue weighted by atomic mass is 9.56. The molecule has 194 valence electrons. The number of methoxy groups -OCH3 is 1. The summed E-state index contributed by atoms with van der Waals surface area (Å²) in [7, 11) is 1.44. The normalized spacial score (nSPS) is 22.6. The summed E-state index contributed by atoms with van der Waals surface area (Å²) < 4.78 is 19.3. The number of aromatic hydroxyl groups is 1. The van der Waals surface area contributed by atoms with Gasteiger partial charge >= 0.3 is 0 Å². The van der Waals surface area contributed by atoms with Crippen LogP contribution in [0.25, 0.3) is 0 Å². The topological polar surface area (TPSA) is 78.9 Å². The molecular weight excluding hydrogens is 575 g/mol. The molecule has 38 heavy (non-hydrogen) atoms. The monoisotopic (exact) mass is 596 g/mol. The first kappa shape index (κ1) is 26.0. The summed E-state index contributed by atoms with van der Waals surface area (Å²) in [6.45, 7) is 3.99. The van der Waals surface area contributed by atoms with Gasteiger partial charge in [-0.15, -0.1) is 0 Å². The number of anilines is 1. The van der Waals surface area contributed by atoms with E-state index in [-0.39, 0.29) is 11.5 Å². The molecule has 1 fully saturated rings. The summed E-state index contributed by atoms with van der Waals surface area (Å²) in [5.41, 5.74) is 3.90. The first-order valence-corrected chi connectivity index (χ1v) is 12.9. The van der Waals surface area contributed by atoms with Crippen molar-refractivity contribution in [3.63, 3.8) is 0 Å². The lowest BCUT2D eigenvalue weighted by Crippen LogP contribution is -2.48. The van der Waals surface area contributed by atoms with Crippen molar-refractivity contribution in [2.24, 2.45) is 5.92 Å². The lowest BCUT2D eigenvalue weighted by molar-refractivity contribution is -0.138. The van der Waals surface area contributed by atoms with Crippen LogP contribution in [0.15, 0.2) is 89.4 Å². The van der Waals surface area contributed by atoms with Gasteiger partial charge in [-0.25, -0.2) is 4.39 Å². The fraction of sp³-hybridized carbons (Fsp3) is 0.172. The van der Waals surface area contributed by atoms with Crippen LogP contribution < -0.4 is 10.2 Å². The number of carbonyl (C=O) groups excluding carboxylic acids is 2. The van der Waals surface area contributed by atoms with Crippen LogP contribution in [0.3, 0.4) is 0 Å². The minimum Gasteiger partial charge on any atom is -0.503 e. The number of allylic oxidation sites excluding steroid dienone is 3. The van der Waals surface area contributed by atoms with Gasteiger partial charge in [-0.1, -0.05) is 42.5 Å². The number of halogens is 3. The third-order valence-electron chi connectivity index (χ3n) is 7.25. The number of fused-ring (bicyclic) bond motifs is 1. The van der Waals surface area contributed by atoms with Gasteiger partial charge in [0.2, 0.25) is 0 Å². The molecule has 3 aromatic carbocycles. The lowest BCUT2D eigenvalue weighted by Gasteiger charge is -2.43. The van der Waals surface area contributed by atoms with Crippen LogP contribution in [-0.4, -0.2) is 29.0 Å². The largest absolute Gasteiger partial charge is 0.503 e. The summed E-state index contributed by atoms with van der Waals surface area (Å²) in [4.78, 5) is 28.5. The Morgan fingerprint density at radius 3 is 2.50 bits per heavy atom. The Morgan fingerprint density at radius 2 is 1.87 bits per heavy atom. The number of hydrogen-bond acceptors (Lipinski definition) is 5. The van der Waals surface area contributed by atoms with Crippen LogP contribution in [0, 0.1) is 11.7 Å². The number of nitrogens with zero attached hydrogens (tertiary/aromatic N) is 1. The van der Waals surface area contributed by atoms with E-state index in [4.69, 9.17) is 16.3 Å². The average Bonchev–Trinajstić information content (AvgIpc) is 3.13. The van der Waals surface area contributed by atoms with E-state index < -0.39 is 34.9 Å². The Bertz CT molecular complexity index is 1480. The van der Waals surface area contributed by atoms with Crippen molar-refractivity contribution < 1.29 is 23.8 Å². The van der Waals surface area contributed by atoms with E-state index in [1.165, 1.54) is 31.4 Å². The molecule has 0 saturated carbocycles. The number of rotatable bonds is 6. The number of ether oxygens (including phenoxy) is 1. The standard InChI is InChI=1S/C29H23BrClFN2O4/c1-3-16-4-13-22-27(36)34(33-21-11-9-20(32)10-12-21)28(37)29(22,18-5-7-19(31)8-6-18)25(16)17-14-23(30)26(35)24(15-17)38-2/h3-12,14-15,22,25,33,35H,1,13H2,2H3/t22-,25+,29+/m0/s1. The predicted octanol–water partition coefficient (Wildman–Crippen LogP) is 6.51. The number of nitrogens with one attached hydrogen (secondary N) is 1. The van der Waals surface area contributed by atoms with Crippen molar-refractivity contribution in [2.75, 3.05) is 12.5 Å². The van der Waals surface area contributed by atoms with Crippen molar-refractivity contribution in [1.29, 1.82) is 0 Å². The number of hydrogen-bond donors (Lipinski definition) is 2. The molecule has 2 aliphatic rings. The van der Waals surface area contributed by atoms with Gasteiger partial charge in [0.15, 0.2) is 11.5 Å². The zero-order valence-electron chi connectivity index (χ0n) is 20.3. The first-order chi connectivity index (χ1) is 18.2. The first-order valence-electron chi connectivity index (χ1n) is 11.8. The van der Waals surface area contributed by atoms with Gasteiger partial charge in [0.1, 0.15) is 5.82 Å². The second-order valence-electron chi connectivity index (χ2n) is 9.16. The van der Waals surface area contributed by atoms with Crippen molar-refractivity contribution in [2.45, 2.75) is 17.8 Å². The molecule has 5 rings (SSSR count). The maximum atomic E-state index is 14.6. The summed E-state index contributed by atoms with van der Waals surface area (Å²) in [5.74, 6) is -2.62. The molecule has 9 heteroatoms. The van der Waals surface area contributed by atoms with Crippen molar-refractivity contribution in [3.8, 4) is 11.5 Å². The molecule has 0 unspecified atom stereocenters. The van der Waals surface area contributed by atoms with E-state index in [2.05, 4.69) is 27.9 Å². The van der Waals surface area contributed by atoms with E-state index in [0.717, 1.165) is 10.6 Å². The van der Waals surface area contributed by atoms with Gasteiger partial charge in [0, 0.05) is 10.9 Å². The minimum atomic E-state index is -1.38. The highest BCUT2D eigenvalue weighted by molar-refractivity contribution is 9.10. The molecule has 3 aromatic rings. The SMILES string of the molecule is C=CC1=CC[C@H]2C(=O)N(Nc3ccc(F)cc3)C(=O)[C@@]2(c2ccc(Cl)cc2)[C@H]1c1cc(Br)c(O)c(OC)c1. The Hall–Kier alpha value is -3.62. The zero-order valence-corrected chi connectivity index (χ0v) is 22.6. The van der Waals surface area contributed by atoms with Crippen molar-refractivity contribution in [1.82, 2.24) is 5.01 Å². The molecule has 1 saturated heterocycles. The fourth-order valence-electron chi connectivity index (χ4n) is 5.58. The summed E-state index contributed by atoms with van der Waals surface area (Å²) >= 11 is 9.60. The maximum absolute atomic E-state index is 14.6. The quantitative estimate of drug-likeness (QED) is 0.317. The molecule has 1 aliphatic carbocycles. The number of carbonyl (C=O) groups is 2. The van der Waals surface area contributed by atoms with Gasteiger partial charge in [-0.3, -0.25) is 15.0 Å². The molecule has 0 bridgehead atoms. The number of benzene rings is 3.